The van der Waals surface area contributed by atoms with Gasteiger partial charge in [-0.2, -0.15) is 0 Å². The van der Waals surface area contributed by atoms with Crippen molar-refractivity contribution in [2.75, 3.05) is 13.7 Å². The Labute approximate surface area is 86.2 Å². The van der Waals surface area contributed by atoms with E-state index in [0.29, 0.717) is 5.41 Å². The van der Waals surface area contributed by atoms with Crippen molar-refractivity contribution in [3.63, 3.8) is 0 Å². The first-order valence-corrected chi connectivity index (χ1v) is 5.94. The van der Waals surface area contributed by atoms with Crippen molar-refractivity contribution in [2.24, 2.45) is 23.0 Å². The highest BCUT2D eigenvalue weighted by atomic mass is 16.5. The summed E-state index contributed by atoms with van der Waals surface area (Å²) in [5.41, 5.74) is 6.67. The van der Waals surface area contributed by atoms with Crippen molar-refractivity contribution < 1.29 is 4.74 Å². The number of hydrogen-bond donors (Lipinski definition) is 1. The molecule has 2 nitrogen and oxygen atoms in total. The largest absolute Gasteiger partial charge is 0.378 e. The maximum Gasteiger partial charge on any atom is 0.0689 e. The molecule has 4 saturated carbocycles. The number of methoxy groups -OCH3 is 1. The van der Waals surface area contributed by atoms with E-state index in [4.69, 9.17) is 10.5 Å². The van der Waals surface area contributed by atoms with Gasteiger partial charge in [-0.05, 0) is 62.3 Å². The number of rotatable bonds is 2. The maximum atomic E-state index is 5.99. The molecule has 4 bridgehead atoms. The monoisotopic (exact) mass is 195 g/mol. The minimum atomic E-state index is 0.226. The highest BCUT2D eigenvalue weighted by Gasteiger charge is 2.57. The zero-order chi connectivity index (χ0) is 9.81. The Morgan fingerprint density at radius 3 is 2.36 bits per heavy atom. The molecule has 4 aliphatic rings. The molecule has 80 valence electrons. The molecule has 4 aliphatic carbocycles. The van der Waals surface area contributed by atoms with Crippen LogP contribution in [0.25, 0.3) is 0 Å². The van der Waals surface area contributed by atoms with Crippen LogP contribution in [-0.2, 0) is 4.74 Å². The third-order valence-corrected chi connectivity index (χ3v) is 4.99. The predicted octanol–water partition coefficient (Wildman–Crippen LogP) is 1.93. The third kappa shape index (κ3) is 1.10. The van der Waals surface area contributed by atoms with Crippen LogP contribution >= 0.6 is 0 Å². The van der Waals surface area contributed by atoms with Crippen LogP contribution in [0.3, 0.4) is 0 Å². The molecule has 4 rings (SSSR count). The second kappa shape index (κ2) is 2.73. The summed E-state index contributed by atoms with van der Waals surface area (Å²) < 4.78 is 5.82. The van der Waals surface area contributed by atoms with Crippen molar-refractivity contribution in [2.45, 2.75) is 44.1 Å². The average molecular weight is 195 g/mol. The SMILES string of the molecule is COC12CC3CC(CC(CN)(C3)C1)C2. The van der Waals surface area contributed by atoms with Gasteiger partial charge < -0.3 is 10.5 Å². The first-order chi connectivity index (χ1) is 6.69. The molecule has 0 aromatic rings. The minimum Gasteiger partial charge on any atom is -0.378 e. The molecular formula is C12H21NO. The van der Waals surface area contributed by atoms with Gasteiger partial charge in [0.2, 0.25) is 0 Å². The summed E-state index contributed by atoms with van der Waals surface area (Å²) in [7, 11) is 1.90. The normalized spacial score (nSPS) is 55.3. The number of ether oxygens (including phenoxy) is 1. The van der Waals surface area contributed by atoms with E-state index in [2.05, 4.69) is 0 Å². The van der Waals surface area contributed by atoms with E-state index < -0.39 is 0 Å². The molecule has 0 heterocycles. The molecule has 0 radical (unpaired) electrons. The summed E-state index contributed by atoms with van der Waals surface area (Å²) in [6.07, 6.45) is 8.06. The summed E-state index contributed by atoms with van der Waals surface area (Å²) in [6, 6.07) is 0. The van der Waals surface area contributed by atoms with Crippen molar-refractivity contribution in [3.8, 4) is 0 Å². The molecule has 0 aromatic carbocycles. The summed E-state index contributed by atoms with van der Waals surface area (Å²) in [4.78, 5) is 0. The van der Waals surface area contributed by atoms with Crippen LogP contribution in [-0.4, -0.2) is 19.3 Å². The van der Waals surface area contributed by atoms with E-state index >= 15 is 0 Å². The lowest BCUT2D eigenvalue weighted by atomic mass is 9.48. The molecule has 0 saturated heterocycles. The zero-order valence-corrected chi connectivity index (χ0v) is 9.09. The molecule has 0 amide bonds. The molecule has 14 heavy (non-hydrogen) atoms. The topological polar surface area (TPSA) is 35.2 Å². The van der Waals surface area contributed by atoms with Gasteiger partial charge in [0.25, 0.3) is 0 Å². The minimum absolute atomic E-state index is 0.226. The molecule has 0 aliphatic heterocycles. The zero-order valence-electron chi connectivity index (χ0n) is 9.09. The van der Waals surface area contributed by atoms with Crippen LogP contribution in [0.5, 0.6) is 0 Å². The van der Waals surface area contributed by atoms with Gasteiger partial charge in [-0.25, -0.2) is 0 Å². The molecular weight excluding hydrogens is 174 g/mol. The highest BCUT2D eigenvalue weighted by molar-refractivity contribution is 5.09. The number of hydrogen-bond acceptors (Lipinski definition) is 2. The fourth-order valence-electron chi connectivity index (χ4n) is 4.84. The summed E-state index contributed by atoms with van der Waals surface area (Å²) in [6.45, 7) is 0.880. The Balaban J connectivity index is 1.94. The van der Waals surface area contributed by atoms with E-state index in [1.807, 2.05) is 7.11 Å². The lowest BCUT2D eigenvalue weighted by molar-refractivity contribution is -0.176. The fraction of sp³-hybridized carbons (Fsp3) is 1.00. The van der Waals surface area contributed by atoms with Gasteiger partial charge in [0.05, 0.1) is 5.60 Å². The third-order valence-electron chi connectivity index (χ3n) is 4.99. The van der Waals surface area contributed by atoms with Crippen molar-refractivity contribution in [3.05, 3.63) is 0 Å². The Morgan fingerprint density at radius 2 is 1.86 bits per heavy atom. The molecule has 2 atom stereocenters. The molecule has 0 spiro atoms. The molecule has 2 unspecified atom stereocenters. The lowest BCUT2D eigenvalue weighted by Crippen LogP contribution is -2.58. The average Bonchev–Trinajstić information content (AvgIpc) is 2.16. The van der Waals surface area contributed by atoms with Crippen molar-refractivity contribution >= 4 is 0 Å². The van der Waals surface area contributed by atoms with Crippen LogP contribution < -0.4 is 5.73 Å². The second-order valence-corrected chi connectivity index (χ2v) is 6.05. The highest BCUT2D eigenvalue weighted by Crippen LogP contribution is 2.62. The van der Waals surface area contributed by atoms with Crippen molar-refractivity contribution in [1.82, 2.24) is 0 Å². The number of nitrogens with two attached hydrogens (primary N) is 1. The maximum absolute atomic E-state index is 5.99. The van der Waals surface area contributed by atoms with Gasteiger partial charge in [-0.1, -0.05) is 0 Å². The van der Waals surface area contributed by atoms with Gasteiger partial charge >= 0.3 is 0 Å². The van der Waals surface area contributed by atoms with E-state index in [9.17, 15) is 0 Å². The first kappa shape index (κ1) is 9.17. The van der Waals surface area contributed by atoms with Gasteiger partial charge in [0.15, 0.2) is 0 Å². The Kier molecular flexibility index (Phi) is 1.79. The summed E-state index contributed by atoms with van der Waals surface area (Å²) in [5, 5.41) is 0. The van der Waals surface area contributed by atoms with Crippen LogP contribution in [0, 0.1) is 17.3 Å². The standard InChI is InChI=1S/C12H21NO/c1-14-12-5-9-2-10(6-12)4-11(3-9,7-12)8-13/h9-10H,2-8,13H2,1H3. The van der Waals surface area contributed by atoms with Crippen LogP contribution in [0.2, 0.25) is 0 Å². The van der Waals surface area contributed by atoms with E-state index in [1.54, 1.807) is 0 Å². The van der Waals surface area contributed by atoms with E-state index in [0.717, 1.165) is 18.4 Å². The van der Waals surface area contributed by atoms with E-state index in [1.165, 1.54) is 38.5 Å². The molecule has 0 aromatic heterocycles. The lowest BCUT2D eigenvalue weighted by Gasteiger charge is -2.61. The van der Waals surface area contributed by atoms with Crippen LogP contribution in [0.1, 0.15) is 38.5 Å². The van der Waals surface area contributed by atoms with Gasteiger partial charge in [-0.15, -0.1) is 0 Å². The van der Waals surface area contributed by atoms with Gasteiger partial charge in [0, 0.05) is 7.11 Å². The van der Waals surface area contributed by atoms with Crippen molar-refractivity contribution in [1.29, 1.82) is 0 Å². The Morgan fingerprint density at radius 1 is 1.21 bits per heavy atom. The van der Waals surface area contributed by atoms with Gasteiger partial charge in [-0.3, -0.25) is 0 Å². The fourth-order valence-corrected chi connectivity index (χ4v) is 4.84. The first-order valence-electron chi connectivity index (χ1n) is 5.94. The predicted molar refractivity (Wildman–Crippen MR) is 55.9 cm³/mol. The molecule has 4 fully saturated rings. The van der Waals surface area contributed by atoms with E-state index in [-0.39, 0.29) is 5.60 Å². The Bertz CT molecular complexity index is 215. The molecule has 2 N–H and O–H groups in total. The van der Waals surface area contributed by atoms with Gasteiger partial charge in [0.1, 0.15) is 0 Å². The molecule has 2 heteroatoms. The second-order valence-electron chi connectivity index (χ2n) is 6.05. The summed E-state index contributed by atoms with van der Waals surface area (Å²) >= 11 is 0. The van der Waals surface area contributed by atoms with Crippen LogP contribution in [0.15, 0.2) is 0 Å². The Hall–Kier alpha value is -0.0800. The smallest absolute Gasteiger partial charge is 0.0689 e. The summed E-state index contributed by atoms with van der Waals surface area (Å²) in [5.74, 6) is 1.83. The quantitative estimate of drug-likeness (QED) is 0.730. The van der Waals surface area contributed by atoms with Crippen LogP contribution in [0.4, 0.5) is 0 Å².